The van der Waals surface area contributed by atoms with Crippen LogP contribution in [0.25, 0.3) is 0 Å². The Bertz CT molecular complexity index is 591. The van der Waals surface area contributed by atoms with E-state index in [0.717, 1.165) is 5.56 Å². The van der Waals surface area contributed by atoms with Gasteiger partial charge in [0.2, 0.25) is 0 Å². The van der Waals surface area contributed by atoms with Crippen LogP contribution >= 0.6 is 0 Å². The van der Waals surface area contributed by atoms with Crippen LogP contribution in [-0.4, -0.2) is 30.4 Å². The summed E-state index contributed by atoms with van der Waals surface area (Å²) < 4.78 is 28.5. The second kappa shape index (κ2) is 5.28. The second-order valence-corrected chi connectivity index (χ2v) is 5.42. The van der Waals surface area contributed by atoms with Crippen molar-refractivity contribution < 1.29 is 12.6 Å². The Hall–Kier alpha value is -1.73. The Kier molecular flexibility index (Phi) is 3.73. The minimum absolute atomic E-state index is 0.0444. The molecule has 2 aromatic rings. The lowest BCUT2D eigenvalue weighted by Gasteiger charge is -2.04. The van der Waals surface area contributed by atoms with E-state index < -0.39 is 10.1 Å². The first-order valence-electron chi connectivity index (χ1n) is 5.39. The highest BCUT2D eigenvalue weighted by Gasteiger charge is 2.14. The molecule has 2 rings (SSSR count). The smallest absolute Gasteiger partial charge is 0.266 e. The number of nitrogens with one attached hydrogen (secondary N) is 1. The van der Waals surface area contributed by atoms with Gasteiger partial charge in [-0.2, -0.15) is 8.42 Å². The zero-order valence-electron chi connectivity index (χ0n) is 9.83. The number of aryl methyl sites for hydroxylation is 1. The van der Waals surface area contributed by atoms with Gasteiger partial charge >= 0.3 is 0 Å². The summed E-state index contributed by atoms with van der Waals surface area (Å²) >= 11 is 0. The fourth-order valence-electron chi connectivity index (χ4n) is 1.38. The van der Waals surface area contributed by atoms with Gasteiger partial charge in [0.05, 0.1) is 17.2 Å². The molecule has 0 aliphatic heterocycles. The van der Waals surface area contributed by atoms with E-state index in [1.54, 1.807) is 18.3 Å². The number of hydrogen-bond donors (Lipinski definition) is 1. The normalized spacial score (nSPS) is 11.6. The van der Waals surface area contributed by atoms with E-state index in [0.29, 0.717) is 12.1 Å². The van der Waals surface area contributed by atoms with E-state index in [1.165, 1.54) is 12.1 Å². The monoisotopic (exact) mass is 267 g/mol. The molecule has 0 saturated heterocycles. The summed E-state index contributed by atoms with van der Waals surface area (Å²) in [6, 6.07) is 6.52. The maximum absolute atomic E-state index is 11.8. The molecule has 0 aliphatic rings. The Morgan fingerprint density at radius 1 is 1.28 bits per heavy atom. The quantitative estimate of drug-likeness (QED) is 0.819. The molecule has 18 heavy (non-hydrogen) atoms. The summed E-state index contributed by atoms with van der Waals surface area (Å²) in [6.45, 7) is 1.94. The molecule has 0 fully saturated rings. The highest BCUT2D eigenvalue weighted by atomic mass is 32.2. The summed E-state index contributed by atoms with van der Waals surface area (Å²) in [5.74, 6) is 0. The van der Waals surface area contributed by atoms with Crippen molar-refractivity contribution in [3.8, 4) is 0 Å². The minimum Gasteiger partial charge on any atom is -0.266 e. The highest BCUT2D eigenvalue weighted by molar-refractivity contribution is 7.86. The second-order valence-electron chi connectivity index (χ2n) is 3.80. The van der Waals surface area contributed by atoms with Gasteiger partial charge in [-0.1, -0.05) is 22.9 Å². The maximum Gasteiger partial charge on any atom is 0.296 e. The van der Waals surface area contributed by atoms with Crippen molar-refractivity contribution in [3.63, 3.8) is 0 Å². The third-order valence-corrected chi connectivity index (χ3v) is 3.70. The number of aromatic nitrogens is 3. The molecule has 1 aromatic carbocycles. The zero-order chi connectivity index (χ0) is 13.0. The van der Waals surface area contributed by atoms with E-state index in [9.17, 15) is 8.42 Å². The first-order chi connectivity index (χ1) is 8.58. The van der Waals surface area contributed by atoms with Crippen LogP contribution in [0.4, 0.5) is 0 Å². The molecule has 1 heterocycles. The fourth-order valence-corrected chi connectivity index (χ4v) is 2.28. The molecule has 0 bridgehead atoms. The van der Waals surface area contributed by atoms with Gasteiger partial charge in [-0.3, -0.25) is 9.28 Å². The van der Waals surface area contributed by atoms with E-state index in [1.807, 2.05) is 6.92 Å². The van der Waals surface area contributed by atoms with Crippen LogP contribution in [0.15, 0.2) is 35.4 Å². The lowest BCUT2D eigenvalue weighted by Crippen LogP contribution is -2.09. The van der Waals surface area contributed by atoms with Crippen LogP contribution in [0.2, 0.25) is 0 Å². The van der Waals surface area contributed by atoms with Crippen molar-refractivity contribution in [2.75, 3.05) is 6.61 Å². The van der Waals surface area contributed by atoms with Gasteiger partial charge in [0.25, 0.3) is 10.1 Å². The summed E-state index contributed by atoms with van der Waals surface area (Å²) in [5, 5.41) is 9.81. The van der Waals surface area contributed by atoms with Crippen molar-refractivity contribution in [3.05, 3.63) is 41.7 Å². The standard InChI is InChI=1S/C11H13N3O3S/c1-9-2-4-11(5-3-9)18(15,16)17-7-6-10-8-12-14-13-10/h2-5,8H,6-7H2,1H3,(H,12,13,14). The van der Waals surface area contributed by atoms with E-state index in [4.69, 9.17) is 4.18 Å². The Morgan fingerprint density at radius 3 is 2.61 bits per heavy atom. The van der Waals surface area contributed by atoms with Gasteiger partial charge in [-0.15, -0.1) is 5.10 Å². The van der Waals surface area contributed by atoms with Crippen molar-refractivity contribution in [2.45, 2.75) is 18.2 Å². The first-order valence-corrected chi connectivity index (χ1v) is 6.80. The van der Waals surface area contributed by atoms with Crippen molar-refractivity contribution >= 4 is 10.1 Å². The fraction of sp³-hybridized carbons (Fsp3) is 0.273. The maximum atomic E-state index is 11.8. The molecular weight excluding hydrogens is 254 g/mol. The number of nitrogens with zero attached hydrogens (tertiary/aromatic N) is 2. The van der Waals surface area contributed by atoms with Crippen molar-refractivity contribution in [1.29, 1.82) is 0 Å². The SMILES string of the molecule is Cc1ccc(S(=O)(=O)OCCc2c[nH]nn2)cc1. The largest absolute Gasteiger partial charge is 0.296 e. The lowest BCUT2D eigenvalue weighted by molar-refractivity contribution is 0.321. The summed E-state index contributed by atoms with van der Waals surface area (Å²) in [6.07, 6.45) is 1.99. The lowest BCUT2D eigenvalue weighted by atomic mass is 10.2. The summed E-state index contributed by atoms with van der Waals surface area (Å²) in [5.41, 5.74) is 1.66. The molecule has 1 aromatic heterocycles. The molecule has 0 aliphatic carbocycles. The number of aromatic amines is 1. The molecule has 0 atom stereocenters. The Balaban J connectivity index is 1.97. The van der Waals surface area contributed by atoms with Crippen LogP contribution in [0, 0.1) is 6.92 Å². The third-order valence-electron chi connectivity index (χ3n) is 2.37. The molecule has 0 amide bonds. The van der Waals surface area contributed by atoms with Gasteiger partial charge in [0.15, 0.2) is 0 Å². The molecular formula is C11H13N3O3S. The zero-order valence-corrected chi connectivity index (χ0v) is 10.6. The number of H-pyrrole nitrogens is 1. The minimum atomic E-state index is -3.69. The molecule has 0 saturated carbocycles. The van der Waals surface area contributed by atoms with Gasteiger partial charge in [0.1, 0.15) is 0 Å². The average molecular weight is 267 g/mol. The average Bonchev–Trinajstić information content (AvgIpc) is 2.82. The van der Waals surface area contributed by atoms with Crippen LogP contribution in [-0.2, 0) is 20.7 Å². The molecule has 96 valence electrons. The van der Waals surface area contributed by atoms with Crippen molar-refractivity contribution in [1.82, 2.24) is 15.4 Å². The van der Waals surface area contributed by atoms with Crippen LogP contribution < -0.4 is 0 Å². The van der Waals surface area contributed by atoms with E-state index >= 15 is 0 Å². The predicted molar refractivity (Wildman–Crippen MR) is 64.4 cm³/mol. The van der Waals surface area contributed by atoms with E-state index in [-0.39, 0.29) is 11.5 Å². The van der Waals surface area contributed by atoms with Gasteiger partial charge in [-0.05, 0) is 19.1 Å². The predicted octanol–water partition coefficient (Wildman–Crippen LogP) is 1.06. The molecule has 1 N–H and O–H groups in total. The van der Waals surface area contributed by atoms with Gasteiger partial charge in [-0.25, -0.2) is 0 Å². The molecule has 0 unspecified atom stereocenters. The number of benzene rings is 1. The molecule has 7 heteroatoms. The number of rotatable bonds is 5. The Morgan fingerprint density at radius 2 is 2.00 bits per heavy atom. The summed E-state index contributed by atoms with van der Waals surface area (Å²) in [7, 11) is -3.69. The van der Waals surface area contributed by atoms with Crippen LogP contribution in [0.3, 0.4) is 0 Å². The molecule has 6 nitrogen and oxygen atoms in total. The van der Waals surface area contributed by atoms with Crippen LogP contribution in [0.5, 0.6) is 0 Å². The summed E-state index contributed by atoms with van der Waals surface area (Å²) in [4.78, 5) is 0.160. The Labute approximate surface area is 105 Å². The highest BCUT2D eigenvalue weighted by Crippen LogP contribution is 2.13. The van der Waals surface area contributed by atoms with Gasteiger partial charge in [0, 0.05) is 12.6 Å². The third kappa shape index (κ3) is 3.14. The van der Waals surface area contributed by atoms with E-state index in [2.05, 4.69) is 15.4 Å². The molecule has 0 spiro atoms. The molecule has 0 radical (unpaired) electrons. The topological polar surface area (TPSA) is 84.9 Å². The van der Waals surface area contributed by atoms with Crippen molar-refractivity contribution in [2.24, 2.45) is 0 Å². The van der Waals surface area contributed by atoms with Crippen LogP contribution in [0.1, 0.15) is 11.3 Å². The number of hydrogen-bond acceptors (Lipinski definition) is 5. The van der Waals surface area contributed by atoms with Gasteiger partial charge < -0.3 is 0 Å². The first kappa shape index (κ1) is 12.7.